The van der Waals surface area contributed by atoms with E-state index >= 15 is 0 Å². The summed E-state index contributed by atoms with van der Waals surface area (Å²) in [6.45, 7) is 18.6. The number of nitrogens with zero attached hydrogens (tertiary/aromatic N) is 2. The van der Waals surface area contributed by atoms with Gasteiger partial charge in [-0.25, -0.2) is 0 Å². The Kier molecular flexibility index (Phi) is 12.3. The number of benzene rings is 4. The molecule has 3 heterocycles. The molecule has 1 radical (unpaired) electrons. The molecule has 51 heavy (non-hydrogen) atoms. The van der Waals surface area contributed by atoms with E-state index in [1.54, 1.807) is 0 Å². The Bertz CT molecular complexity index is 2210. The maximum atomic E-state index is 4.72. The van der Waals surface area contributed by atoms with Gasteiger partial charge in [0.05, 0.1) is 8.07 Å². The van der Waals surface area contributed by atoms with Gasteiger partial charge in [-0.1, -0.05) is 125 Å². The number of fused-ring (bicyclic) bond motifs is 3. The minimum absolute atomic E-state index is 0. The molecular weight excluding hydrogens is 833 g/mol. The van der Waals surface area contributed by atoms with Gasteiger partial charge in [0.15, 0.2) is 0 Å². The Hall–Kier alpha value is -3.73. The van der Waals surface area contributed by atoms with E-state index in [-0.39, 0.29) is 25.5 Å². The van der Waals surface area contributed by atoms with E-state index in [0.717, 1.165) is 35.4 Å². The average molecular weight is 881 g/mol. The first kappa shape index (κ1) is 38.5. The van der Waals surface area contributed by atoms with Crippen LogP contribution in [0, 0.1) is 23.5 Å². The van der Waals surface area contributed by atoms with E-state index in [9.17, 15) is 0 Å². The van der Waals surface area contributed by atoms with E-state index in [1.165, 1.54) is 47.6 Å². The number of aromatic nitrogens is 2. The van der Waals surface area contributed by atoms with E-state index in [2.05, 4.69) is 156 Å². The summed E-state index contributed by atoms with van der Waals surface area (Å²) in [5.41, 5.74) is 9.82. The molecule has 0 N–H and O–H groups in total. The quantitative estimate of drug-likeness (QED) is 0.118. The Morgan fingerprint density at radius 2 is 1.55 bits per heavy atom. The van der Waals surface area contributed by atoms with Crippen molar-refractivity contribution in [2.24, 2.45) is 11.3 Å². The van der Waals surface area contributed by atoms with Crippen molar-refractivity contribution in [3.8, 4) is 33.6 Å². The van der Waals surface area contributed by atoms with Crippen molar-refractivity contribution >= 4 is 44.8 Å². The average Bonchev–Trinajstić information content (AvgIpc) is 3.47. The zero-order valence-electron chi connectivity index (χ0n) is 31.1. The second-order valence-electron chi connectivity index (χ2n) is 15.9. The molecule has 5 heteroatoms. The minimum atomic E-state index is -1.34. The Morgan fingerprint density at radius 3 is 2.24 bits per heavy atom. The number of pyridine rings is 2. The topological polar surface area (TPSA) is 25.8 Å². The summed E-state index contributed by atoms with van der Waals surface area (Å²) in [6.07, 6.45) is 6.21. The molecular formula is C46H48IrN2SSi-2. The molecule has 4 aromatic carbocycles. The summed E-state index contributed by atoms with van der Waals surface area (Å²) in [7, 11) is -1.34. The standard InChI is InChI=1S/C28H24NS.C18H24NSi.Ir/c1-28(2,3)18-19-15-16-29-24(17-19)22-12-7-13-23-26-21(20-9-5-4-6-10-20)11-8-14-25(26)30-27(22)23;1-14(2)11-16-12-17(15-9-7-6-8-10-15)19-13-18(16)20(3,4)5;/h4-11,13-17H,18H2,1-3H3;6-9,12-14H,11H2,1-5H3;/q2*-1;. The Balaban J connectivity index is 0.000000211. The molecule has 0 aliphatic rings. The van der Waals surface area contributed by atoms with Gasteiger partial charge in [-0.05, 0) is 74.1 Å². The third-order valence-electron chi connectivity index (χ3n) is 8.77. The molecule has 2 nitrogen and oxygen atoms in total. The third kappa shape index (κ3) is 9.39. The molecule has 0 bridgehead atoms. The fourth-order valence-corrected chi connectivity index (χ4v) is 9.48. The van der Waals surface area contributed by atoms with Gasteiger partial charge in [0.1, 0.15) is 0 Å². The van der Waals surface area contributed by atoms with Crippen molar-refractivity contribution in [3.63, 3.8) is 0 Å². The molecule has 263 valence electrons. The molecule has 0 aliphatic carbocycles. The Labute approximate surface area is 323 Å². The van der Waals surface area contributed by atoms with Crippen molar-refractivity contribution in [1.82, 2.24) is 9.97 Å². The summed E-state index contributed by atoms with van der Waals surface area (Å²) in [6, 6.07) is 43.0. The summed E-state index contributed by atoms with van der Waals surface area (Å²) in [5, 5.41) is 4.10. The number of rotatable bonds is 7. The van der Waals surface area contributed by atoms with Gasteiger partial charge in [0.2, 0.25) is 0 Å². The van der Waals surface area contributed by atoms with Gasteiger partial charge in [0.25, 0.3) is 0 Å². The largest absolute Gasteiger partial charge is 0.305 e. The predicted octanol–water partition coefficient (Wildman–Crippen LogP) is 12.5. The summed E-state index contributed by atoms with van der Waals surface area (Å²) in [5.74, 6) is 0.667. The molecule has 3 aromatic heterocycles. The number of thiophene rings is 1. The maximum Gasteiger partial charge on any atom is 0.0798 e. The normalized spacial score (nSPS) is 11.7. The van der Waals surface area contributed by atoms with Crippen LogP contribution in [0.4, 0.5) is 0 Å². The van der Waals surface area contributed by atoms with Crippen molar-refractivity contribution in [2.75, 3.05) is 0 Å². The third-order valence-corrected chi connectivity index (χ3v) is 12.0. The van der Waals surface area contributed by atoms with Crippen LogP contribution in [0.2, 0.25) is 19.6 Å². The summed E-state index contributed by atoms with van der Waals surface area (Å²) >= 11 is 1.84. The van der Waals surface area contributed by atoms with Gasteiger partial charge >= 0.3 is 0 Å². The number of hydrogen-bond acceptors (Lipinski definition) is 3. The smallest absolute Gasteiger partial charge is 0.0798 e. The van der Waals surface area contributed by atoms with Crippen molar-refractivity contribution < 1.29 is 20.1 Å². The molecule has 0 amide bonds. The number of hydrogen-bond donors (Lipinski definition) is 0. The SMILES string of the molecule is CC(C)(C)Cc1ccnc(-c2[c-]ccc3c2sc2cccc(-c4ccccc4)c23)c1.CC(C)Cc1cc(-c2[c-]cccc2)ncc1[Si](C)(C)C.[Ir]. The summed E-state index contributed by atoms with van der Waals surface area (Å²) in [4.78, 5) is 9.40. The van der Waals surface area contributed by atoms with Crippen LogP contribution in [-0.4, -0.2) is 18.0 Å². The van der Waals surface area contributed by atoms with Crippen LogP contribution in [0.1, 0.15) is 45.7 Å². The van der Waals surface area contributed by atoms with Crippen molar-refractivity contribution in [3.05, 3.63) is 139 Å². The van der Waals surface area contributed by atoms with Gasteiger partial charge < -0.3 is 9.97 Å². The molecule has 0 unspecified atom stereocenters. The van der Waals surface area contributed by atoms with Crippen molar-refractivity contribution in [2.45, 2.75) is 67.1 Å². The van der Waals surface area contributed by atoms with Gasteiger partial charge in [-0.3, -0.25) is 0 Å². The second-order valence-corrected chi connectivity index (χ2v) is 22.0. The maximum absolute atomic E-state index is 4.72. The predicted molar refractivity (Wildman–Crippen MR) is 220 cm³/mol. The first-order valence-electron chi connectivity index (χ1n) is 17.7. The first-order chi connectivity index (χ1) is 23.9. The Morgan fingerprint density at radius 1 is 0.784 bits per heavy atom. The second kappa shape index (κ2) is 16.3. The fraction of sp³-hybridized carbons (Fsp3) is 0.261. The van der Waals surface area contributed by atoms with Crippen LogP contribution < -0.4 is 5.19 Å². The molecule has 0 spiro atoms. The van der Waals surface area contributed by atoms with Crippen LogP contribution in [0.3, 0.4) is 0 Å². The monoisotopic (exact) mass is 881 g/mol. The molecule has 7 rings (SSSR count). The summed E-state index contributed by atoms with van der Waals surface area (Å²) < 4.78 is 2.56. The zero-order valence-corrected chi connectivity index (χ0v) is 35.3. The molecule has 0 saturated heterocycles. The van der Waals surface area contributed by atoms with Crippen LogP contribution in [0.15, 0.2) is 116 Å². The van der Waals surface area contributed by atoms with Gasteiger partial charge in [0, 0.05) is 37.2 Å². The van der Waals surface area contributed by atoms with Crippen LogP contribution in [0.25, 0.3) is 53.8 Å². The van der Waals surface area contributed by atoms with Crippen LogP contribution in [0.5, 0.6) is 0 Å². The van der Waals surface area contributed by atoms with Crippen molar-refractivity contribution in [1.29, 1.82) is 0 Å². The zero-order chi connectivity index (χ0) is 35.5. The van der Waals surface area contributed by atoms with Gasteiger partial charge in [-0.2, -0.15) is 11.3 Å². The molecule has 0 saturated carbocycles. The fourth-order valence-electron chi connectivity index (χ4n) is 6.65. The van der Waals surface area contributed by atoms with Crippen LogP contribution >= 0.6 is 11.3 Å². The molecule has 7 aromatic rings. The van der Waals surface area contributed by atoms with E-state index in [4.69, 9.17) is 4.98 Å². The van der Waals surface area contributed by atoms with Gasteiger partial charge in [-0.15, -0.1) is 59.7 Å². The molecule has 0 fully saturated rings. The minimum Gasteiger partial charge on any atom is -0.305 e. The molecule has 0 atom stereocenters. The molecule has 0 aliphatic heterocycles. The van der Waals surface area contributed by atoms with E-state index in [0.29, 0.717) is 5.92 Å². The van der Waals surface area contributed by atoms with E-state index < -0.39 is 8.07 Å². The first-order valence-corrected chi connectivity index (χ1v) is 22.0. The van der Waals surface area contributed by atoms with E-state index in [1.807, 2.05) is 41.8 Å². The van der Waals surface area contributed by atoms with Crippen LogP contribution in [-0.2, 0) is 32.9 Å².